The summed E-state index contributed by atoms with van der Waals surface area (Å²) in [6, 6.07) is 44.3. The van der Waals surface area contributed by atoms with Gasteiger partial charge < -0.3 is 4.57 Å². The van der Waals surface area contributed by atoms with E-state index in [0.717, 1.165) is 17.7 Å². The maximum Gasteiger partial charge on any atom is 0.206 e. The Labute approximate surface area is 264 Å². The third-order valence-corrected chi connectivity index (χ3v) is 13.1. The van der Waals surface area contributed by atoms with E-state index in [4.69, 9.17) is 12.2 Å². The Hall–Kier alpha value is -4.06. The Morgan fingerprint density at radius 3 is 1.70 bits per heavy atom. The van der Waals surface area contributed by atoms with Crippen molar-refractivity contribution < 1.29 is 0 Å². The zero-order valence-electron chi connectivity index (χ0n) is 25.1. The molecule has 214 valence electrons. The Morgan fingerprint density at radius 2 is 1.28 bits per heavy atom. The van der Waals surface area contributed by atoms with Gasteiger partial charge in [0.25, 0.3) is 0 Å². The number of hydrogen-bond acceptors (Lipinski definition) is 2. The van der Waals surface area contributed by atoms with E-state index in [1.54, 1.807) is 0 Å². The van der Waals surface area contributed by atoms with Crippen molar-refractivity contribution >= 4 is 43.5 Å². The van der Waals surface area contributed by atoms with E-state index >= 15 is 0 Å². The summed E-state index contributed by atoms with van der Waals surface area (Å²) in [6.45, 7) is 5.02. The molecule has 0 fully saturated rings. The summed E-state index contributed by atoms with van der Waals surface area (Å²) in [4.78, 5) is 5.48. The third-order valence-electron chi connectivity index (χ3n) is 8.42. The van der Waals surface area contributed by atoms with E-state index in [1.807, 2.05) is 12.5 Å². The molecule has 0 amide bonds. The summed E-state index contributed by atoms with van der Waals surface area (Å²) < 4.78 is 2.35. The first-order chi connectivity index (χ1) is 21.1. The highest BCUT2D eigenvalue weighted by Crippen LogP contribution is 2.41. The molecule has 0 aliphatic heterocycles. The van der Waals surface area contributed by atoms with Crippen LogP contribution in [0.1, 0.15) is 30.9 Å². The fraction of sp³-hybridized carbons (Fsp3) is 0.158. The standard InChI is InChI=1S/C25H26N2SSi.C13H13B/c1-2-19-29(24-15-13-23(28)14-16-24)25(27-18-17-26-20-27,21-9-5-3-6-10-21)22-11-7-4-8-12-22;1-14(12-8-4-2-5-9-12)13-10-6-3-7-11-13/h3-13,15-18,20,29H,2,14,19H2,1H3;2-11H,1H3. The molecule has 0 saturated carbocycles. The van der Waals surface area contributed by atoms with Crippen molar-refractivity contribution in [2.24, 2.45) is 0 Å². The average Bonchev–Trinajstić information content (AvgIpc) is 3.62. The molecule has 0 N–H and O–H groups in total. The van der Waals surface area contributed by atoms with E-state index in [2.05, 4.69) is 169 Å². The van der Waals surface area contributed by atoms with Gasteiger partial charge in [-0.2, -0.15) is 0 Å². The summed E-state index contributed by atoms with van der Waals surface area (Å²) in [5.74, 6) is 0. The molecule has 1 aliphatic rings. The molecule has 1 aromatic heterocycles. The van der Waals surface area contributed by atoms with Crippen LogP contribution in [0.2, 0.25) is 12.9 Å². The first-order valence-corrected chi connectivity index (χ1v) is 17.6. The van der Waals surface area contributed by atoms with Crippen molar-refractivity contribution in [3.8, 4) is 0 Å². The van der Waals surface area contributed by atoms with Crippen LogP contribution in [0, 0.1) is 0 Å². The van der Waals surface area contributed by atoms with Crippen LogP contribution in [0.3, 0.4) is 0 Å². The lowest BCUT2D eigenvalue weighted by Gasteiger charge is -2.43. The molecular weight excluding hydrogens is 555 g/mol. The van der Waals surface area contributed by atoms with Crippen molar-refractivity contribution in [2.45, 2.75) is 37.8 Å². The van der Waals surface area contributed by atoms with Crippen LogP contribution in [0.15, 0.2) is 163 Å². The maximum atomic E-state index is 5.44. The number of imidazole rings is 1. The summed E-state index contributed by atoms with van der Waals surface area (Å²) in [7, 11) is -1.60. The predicted molar refractivity (Wildman–Crippen MR) is 192 cm³/mol. The first kappa shape index (κ1) is 30.4. The van der Waals surface area contributed by atoms with Crippen molar-refractivity contribution in [3.63, 3.8) is 0 Å². The second-order valence-electron chi connectivity index (χ2n) is 11.1. The summed E-state index contributed by atoms with van der Waals surface area (Å²) in [6.07, 6.45) is 14.9. The van der Waals surface area contributed by atoms with Gasteiger partial charge in [0.05, 0.1) is 11.5 Å². The van der Waals surface area contributed by atoms with Gasteiger partial charge >= 0.3 is 0 Å². The zero-order valence-corrected chi connectivity index (χ0v) is 27.1. The predicted octanol–water partition coefficient (Wildman–Crippen LogP) is 7.57. The minimum Gasteiger partial charge on any atom is -0.326 e. The Bertz CT molecular complexity index is 1540. The molecule has 1 unspecified atom stereocenters. The smallest absolute Gasteiger partial charge is 0.206 e. The lowest BCUT2D eigenvalue weighted by atomic mass is 9.43. The molecule has 43 heavy (non-hydrogen) atoms. The molecule has 1 atom stereocenters. The van der Waals surface area contributed by atoms with Crippen LogP contribution in [-0.4, -0.2) is 29.9 Å². The molecule has 1 aliphatic carbocycles. The topological polar surface area (TPSA) is 17.8 Å². The molecule has 5 aromatic rings. The normalized spacial score (nSPS) is 13.4. The number of benzene rings is 4. The summed E-state index contributed by atoms with van der Waals surface area (Å²) in [5, 5.41) is 1.24. The fourth-order valence-corrected chi connectivity index (χ4v) is 10.7. The lowest BCUT2D eigenvalue weighted by Crippen LogP contribution is -2.51. The van der Waals surface area contributed by atoms with E-state index in [9.17, 15) is 0 Å². The van der Waals surface area contributed by atoms with Gasteiger partial charge in [-0.25, -0.2) is 4.98 Å². The number of rotatable bonds is 9. The number of thiocarbonyl (C=S) groups is 1. The number of aromatic nitrogens is 2. The van der Waals surface area contributed by atoms with Crippen LogP contribution >= 0.6 is 12.2 Å². The quantitative estimate of drug-likeness (QED) is 0.129. The van der Waals surface area contributed by atoms with Gasteiger partial charge in [-0.15, -0.1) is 0 Å². The lowest BCUT2D eigenvalue weighted by molar-refractivity contribution is 0.580. The highest BCUT2D eigenvalue weighted by Gasteiger charge is 2.45. The van der Waals surface area contributed by atoms with Crippen LogP contribution < -0.4 is 10.9 Å². The largest absolute Gasteiger partial charge is 0.326 e. The van der Waals surface area contributed by atoms with E-state index in [-0.39, 0.29) is 5.16 Å². The molecule has 2 nitrogen and oxygen atoms in total. The van der Waals surface area contributed by atoms with Gasteiger partial charge in [0.15, 0.2) is 0 Å². The van der Waals surface area contributed by atoms with Crippen molar-refractivity contribution in [1.29, 1.82) is 0 Å². The van der Waals surface area contributed by atoms with E-state index in [1.165, 1.54) is 33.3 Å². The number of allylic oxidation sites excluding steroid dienone is 4. The maximum absolute atomic E-state index is 5.44. The zero-order chi connectivity index (χ0) is 29.9. The SMILES string of the molecule is CB(c1ccccc1)c1ccccc1.CCC[SiH](C1=CCC(=S)C=C1)C(c1ccccc1)(c1ccccc1)n1ccnc1. The molecule has 1 heterocycles. The molecule has 0 saturated heterocycles. The summed E-state index contributed by atoms with van der Waals surface area (Å²) in [5.41, 5.74) is 5.41. The van der Waals surface area contributed by atoms with Gasteiger partial charge in [0.1, 0.15) is 8.80 Å². The highest BCUT2D eigenvalue weighted by molar-refractivity contribution is 7.80. The van der Waals surface area contributed by atoms with Crippen molar-refractivity contribution in [3.05, 3.63) is 175 Å². The highest BCUT2D eigenvalue weighted by atomic mass is 32.1. The minimum atomic E-state index is -1.60. The van der Waals surface area contributed by atoms with Gasteiger partial charge in [0.2, 0.25) is 6.71 Å². The Morgan fingerprint density at radius 1 is 0.767 bits per heavy atom. The van der Waals surface area contributed by atoms with Gasteiger partial charge in [-0.1, -0.05) is 188 Å². The van der Waals surface area contributed by atoms with E-state index in [0.29, 0.717) is 6.71 Å². The van der Waals surface area contributed by atoms with Crippen molar-refractivity contribution in [2.75, 3.05) is 0 Å². The average molecular weight is 595 g/mol. The first-order valence-electron chi connectivity index (χ1n) is 15.2. The monoisotopic (exact) mass is 594 g/mol. The summed E-state index contributed by atoms with van der Waals surface area (Å²) >= 11 is 5.44. The van der Waals surface area contributed by atoms with Gasteiger partial charge in [-0.05, 0) is 17.2 Å². The van der Waals surface area contributed by atoms with Crippen LogP contribution in [-0.2, 0) is 5.16 Å². The van der Waals surface area contributed by atoms with Crippen molar-refractivity contribution in [1.82, 2.24) is 9.55 Å². The molecular formula is C38H39BN2SSi. The van der Waals surface area contributed by atoms with Gasteiger partial charge in [-0.3, -0.25) is 0 Å². The molecule has 5 heteroatoms. The molecule has 0 radical (unpaired) electrons. The second kappa shape index (κ2) is 14.9. The van der Waals surface area contributed by atoms with Gasteiger partial charge in [0, 0.05) is 23.7 Å². The number of hydrogen-bond donors (Lipinski definition) is 0. The van der Waals surface area contributed by atoms with E-state index < -0.39 is 8.80 Å². The van der Waals surface area contributed by atoms with Crippen LogP contribution in [0.25, 0.3) is 0 Å². The second-order valence-corrected chi connectivity index (χ2v) is 14.8. The fourth-order valence-electron chi connectivity index (χ4n) is 6.28. The minimum absolute atomic E-state index is 0.246. The van der Waals surface area contributed by atoms with Crippen LogP contribution in [0.4, 0.5) is 0 Å². The third kappa shape index (κ3) is 6.96. The number of nitrogens with zero attached hydrogens (tertiary/aromatic N) is 2. The molecule has 6 rings (SSSR count). The Balaban J connectivity index is 0.000000220. The molecule has 4 aromatic carbocycles. The Kier molecular flexibility index (Phi) is 10.5. The molecule has 0 spiro atoms. The molecule has 0 bridgehead atoms. The van der Waals surface area contributed by atoms with Crippen LogP contribution in [0.5, 0.6) is 0 Å².